The Morgan fingerprint density at radius 1 is 0.968 bits per heavy atom. The van der Waals surface area contributed by atoms with Crippen LogP contribution in [-0.4, -0.2) is 37.0 Å². The van der Waals surface area contributed by atoms with Crippen LogP contribution in [0.3, 0.4) is 0 Å². The molecule has 1 aliphatic heterocycles. The van der Waals surface area contributed by atoms with E-state index in [0.717, 1.165) is 22.4 Å². The molecule has 0 bridgehead atoms. The standard InChI is InChI=1S/C26H26N2O3/c1-18-12-14-20(15-13-18)27-25(29)23-21-10-6-7-11-22(21)26(30)28(16-17-31-2)24(23)19-8-4-3-5-9-19/h3-15,23-24H,16-17H2,1-2H3,(H,27,29)/t23-,24+/m1/s1. The quantitative estimate of drug-likeness (QED) is 0.643. The summed E-state index contributed by atoms with van der Waals surface area (Å²) >= 11 is 0. The van der Waals surface area contributed by atoms with Crippen LogP contribution in [0.2, 0.25) is 0 Å². The minimum absolute atomic E-state index is 0.0825. The van der Waals surface area contributed by atoms with Gasteiger partial charge in [-0.25, -0.2) is 0 Å². The van der Waals surface area contributed by atoms with Crippen molar-refractivity contribution in [1.82, 2.24) is 4.90 Å². The number of benzene rings is 3. The number of carbonyl (C=O) groups is 2. The number of anilines is 1. The Kier molecular flexibility index (Phi) is 6.14. The molecular formula is C26H26N2O3. The molecule has 1 heterocycles. The van der Waals surface area contributed by atoms with E-state index in [0.29, 0.717) is 18.7 Å². The van der Waals surface area contributed by atoms with Crippen LogP contribution in [0.4, 0.5) is 5.69 Å². The monoisotopic (exact) mass is 414 g/mol. The number of rotatable bonds is 6. The first-order chi connectivity index (χ1) is 15.1. The van der Waals surface area contributed by atoms with Crippen molar-refractivity contribution >= 4 is 17.5 Å². The van der Waals surface area contributed by atoms with Gasteiger partial charge >= 0.3 is 0 Å². The van der Waals surface area contributed by atoms with E-state index in [1.807, 2.05) is 79.7 Å². The zero-order chi connectivity index (χ0) is 21.8. The smallest absolute Gasteiger partial charge is 0.254 e. The number of methoxy groups -OCH3 is 1. The number of nitrogens with zero attached hydrogens (tertiary/aromatic N) is 1. The molecule has 1 aliphatic rings. The van der Waals surface area contributed by atoms with Crippen LogP contribution < -0.4 is 5.32 Å². The summed E-state index contributed by atoms with van der Waals surface area (Å²) < 4.78 is 5.27. The zero-order valence-electron chi connectivity index (χ0n) is 17.7. The Bertz CT molecular complexity index is 1060. The van der Waals surface area contributed by atoms with Crippen molar-refractivity contribution < 1.29 is 14.3 Å². The number of hydrogen-bond acceptors (Lipinski definition) is 3. The molecule has 0 saturated heterocycles. The third-order valence-corrected chi connectivity index (χ3v) is 5.72. The van der Waals surface area contributed by atoms with Gasteiger partial charge < -0.3 is 15.0 Å². The fourth-order valence-corrected chi connectivity index (χ4v) is 4.19. The fourth-order valence-electron chi connectivity index (χ4n) is 4.19. The lowest BCUT2D eigenvalue weighted by molar-refractivity contribution is -0.119. The Hall–Kier alpha value is -3.44. The van der Waals surface area contributed by atoms with E-state index >= 15 is 0 Å². The molecule has 31 heavy (non-hydrogen) atoms. The van der Waals surface area contributed by atoms with Crippen LogP contribution in [0.1, 0.15) is 39.0 Å². The van der Waals surface area contributed by atoms with Crippen LogP contribution in [0, 0.1) is 6.92 Å². The van der Waals surface area contributed by atoms with E-state index in [4.69, 9.17) is 4.74 Å². The normalized spacial score (nSPS) is 17.9. The van der Waals surface area contributed by atoms with Gasteiger partial charge in [-0.1, -0.05) is 66.2 Å². The van der Waals surface area contributed by atoms with Crippen LogP contribution >= 0.6 is 0 Å². The maximum atomic E-state index is 13.6. The summed E-state index contributed by atoms with van der Waals surface area (Å²) in [6.45, 7) is 2.80. The van der Waals surface area contributed by atoms with E-state index in [2.05, 4.69) is 5.32 Å². The van der Waals surface area contributed by atoms with E-state index < -0.39 is 12.0 Å². The maximum Gasteiger partial charge on any atom is 0.254 e. The number of hydrogen-bond donors (Lipinski definition) is 1. The molecule has 0 aliphatic carbocycles. The van der Waals surface area contributed by atoms with Gasteiger partial charge in [0.2, 0.25) is 5.91 Å². The summed E-state index contributed by atoms with van der Waals surface area (Å²) in [4.78, 5) is 28.8. The molecule has 0 spiro atoms. The Balaban J connectivity index is 1.80. The van der Waals surface area contributed by atoms with Gasteiger partial charge in [0.15, 0.2) is 0 Å². The lowest BCUT2D eigenvalue weighted by Gasteiger charge is -2.41. The predicted octanol–water partition coefficient (Wildman–Crippen LogP) is 4.56. The molecule has 4 rings (SSSR count). The van der Waals surface area contributed by atoms with Gasteiger partial charge in [-0.05, 0) is 36.2 Å². The molecule has 0 fully saturated rings. The second-order valence-electron chi connectivity index (χ2n) is 7.77. The Morgan fingerprint density at radius 3 is 2.35 bits per heavy atom. The Labute approximate surface area is 182 Å². The SMILES string of the molecule is COCCN1C(=O)c2ccccc2[C@@H](C(=O)Nc2ccc(C)cc2)[C@@H]1c1ccccc1. The molecule has 0 radical (unpaired) electrons. The molecule has 3 aromatic rings. The van der Waals surface area contributed by atoms with Crippen LogP contribution in [0.15, 0.2) is 78.9 Å². The average molecular weight is 415 g/mol. The largest absolute Gasteiger partial charge is 0.383 e. The topological polar surface area (TPSA) is 58.6 Å². The third kappa shape index (κ3) is 4.23. The van der Waals surface area contributed by atoms with Crippen molar-refractivity contribution in [2.75, 3.05) is 25.6 Å². The summed E-state index contributed by atoms with van der Waals surface area (Å²) in [5.74, 6) is -0.768. The van der Waals surface area contributed by atoms with E-state index in [-0.39, 0.29) is 11.8 Å². The van der Waals surface area contributed by atoms with Crippen molar-refractivity contribution in [1.29, 1.82) is 0 Å². The van der Waals surface area contributed by atoms with E-state index in [1.54, 1.807) is 18.1 Å². The minimum Gasteiger partial charge on any atom is -0.383 e. The Morgan fingerprint density at radius 2 is 1.65 bits per heavy atom. The summed E-state index contributed by atoms with van der Waals surface area (Å²) in [5, 5.41) is 3.06. The molecular weight excluding hydrogens is 388 g/mol. The second kappa shape index (κ2) is 9.14. The van der Waals surface area contributed by atoms with Crippen molar-refractivity contribution in [3.8, 4) is 0 Å². The summed E-state index contributed by atoms with van der Waals surface area (Å²) in [7, 11) is 1.61. The molecule has 2 atom stereocenters. The molecule has 0 unspecified atom stereocenters. The number of ether oxygens (including phenoxy) is 1. The molecule has 0 aromatic heterocycles. The van der Waals surface area contributed by atoms with E-state index in [1.165, 1.54) is 0 Å². The summed E-state index contributed by atoms with van der Waals surface area (Å²) in [6.07, 6.45) is 0. The van der Waals surface area contributed by atoms with E-state index in [9.17, 15) is 9.59 Å². The van der Waals surface area contributed by atoms with Crippen LogP contribution in [-0.2, 0) is 9.53 Å². The number of aryl methyl sites for hydroxylation is 1. The lowest BCUT2D eigenvalue weighted by atomic mass is 9.79. The molecule has 1 N–H and O–H groups in total. The highest BCUT2D eigenvalue weighted by Gasteiger charge is 2.43. The van der Waals surface area contributed by atoms with Crippen molar-refractivity contribution in [2.45, 2.75) is 18.9 Å². The molecule has 3 aromatic carbocycles. The van der Waals surface area contributed by atoms with Gasteiger partial charge in [-0.3, -0.25) is 9.59 Å². The van der Waals surface area contributed by atoms with Crippen molar-refractivity contribution in [2.24, 2.45) is 0 Å². The highest BCUT2D eigenvalue weighted by Crippen LogP contribution is 2.43. The number of fused-ring (bicyclic) bond motifs is 1. The summed E-state index contributed by atoms with van der Waals surface area (Å²) in [5.41, 5.74) is 4.10. The summed E-state index contributed by atoms with van der Waals surface area (Å²) in [6, 6.07) is 24.4. The predicted molar refractivity (Wildman–Crippen MR) is 121 cm³/mol. The first kappa shape index (κ1) is 20.8. The third-order valence-electron chi connectivity index (χ3n) is 5.72. The first-order valence-corrected chi connectivity index (χ1v) is 10.4. The molecule has 5 nitrogen and oxygen atoms in total. The van der Waals surface area contributed by atoms with Gasteiger partial charge in [-0.2, -0.15) is 0 Å². The van der Waals surface area contributed by atoms with Crippen molar-refractivity contribution in [3.05, 3.63) is 101 Å². The second-order valence-corrected chi connectivity index (χ2v) is 7.77. The fraction of sp³-hybridized carbons (Fsp3) is 0.231. The highest BCUT2D eigenvalue weighted by molar-refractivity contribution is 6.04. The number of nitrogens with one attached hydrogen (secondary N) is 1. The van der Waals surface area contributed by atoms with Gasteiger partial charge in [0, 0.05) is 24.9 Å². The molecule has 158 valence electrons. The van der Waals surface area contributed by atoms with Gasteiger partial charge in [-0.15, -0.1) is 0 Å². The first-order valence-electron chi connectivity index (χ1n) is 10.4. The molecule has 5 heteroatoms. The van der Waals surface area contributed by atoms with Crippen LogP contribution in [0.25, 0.3) is 0 Å². The highest BCUT2D eigenvalue weighted by atomic mass is 16.5. The van der Waals surface area contributed by atoms with Gasteiger partial charge in [0.1, 0.15) is 0 Å². The van der Waals surface area contributed by atoms with Crippen LogP contribution in [0.5, 0.6) is 0 Å². The van der Waals surface area contributed by atoms with Gasteiger partial charge in [0.25, 0.3) is 5.91 Å². The average Bonchev–Trinajstić information content (AvgIpc) is 2.80. The molecule has 0 saturated carbocycles. The lowest BCUT2D eigenvalue weighted by Crippen LogP contribution is -2.47. The van der Waals surface area contributed by atoms with Gasteiger partial charge in [0.05, 0.1) is 18.6 Å². The minimum atomic E-state index is -0.547. The zero-order valence-corrected chi connectivity index (χ0v) is 17.7. The van der Waals surface area contributed by atoms with Crippen molar-refractivity contribution in [3.63, 3.8) is 0 Å². The number of amides is 2. The molecule has 2 amide bonds. The maximum absolute atomic E-state index is 13.6. The number of carbonyl (C=O) groups excluding carboxylic acids is 2.